The second-order valence-electron chi connectivity index (χ2n) is 4.21. The summed E-state index contributed by atoms with van der Waals surface area (Å²) in [4.78, 5) is 0. The van der Waals surface area contributed by atoms with E-state index in [9.17, 15) is 0 Å². The third-order valence-corrected chi connectivity index (χ3v) is 2.36. The van der Waals surface area contributed by atoms with Crippen molar-refractivity contribution in [2.24, 2.45) is 5.73 Å². The van der Waals surface area contributed by atoms with Gasteiger partial charge in [-0.15, -0.1) is 6.58 Å². The number of hydrogen-bond acceptors (Lipinski definition) is 2. The van der Waals surface area contributed by atoms with E-state index in [0.29, 0.717) is 0 Å². The molecule has 0 unspecified atom stereocenters. The third kappa shape index (κ3) is 4.07. The van der Waals surface area contributed by atoms with Gasteiger partial charge in [0.25, 0.3) is 0 Å². The molecule has 0 aliphatic heterocycles. The molecule has 0 aromatic heterocycles. The Hall–Kier alpha value is -1.28. The average Bonchev–Trinajstić information content (AvgIpc) is 2.26. The van der Waals surface area contributed by atoms with E-state index in [4.69, 9.17) is 10.5 Å². The Kier molecular flexibility index (Phi) is 5.06. The van der Waals surface area contributed by atoms with Gasteiger partial charge in [-0.1, -0.05) is 18.2 Å². The second kappa shape index (κ2) is 6.33. The zero-order chi connectivity index (χ0) is 12.0. The minimum absolute atomic E-state index is 0.0890. The molecule has 0 aliphatic carbocycles. The predicted molar refractivity (Wildman–Crippen MR) is 68.6 cm³/mol. The molecule has 1 aromatic rings. The number of nitrogens with two attached hydrogens (primary N) is 1. The van der Waals surface area contributed by atoms with Crippen LogP contribution in [0.15, 0.2) is 36.9 Å². The lowest BCUT2D eigenvalue weighted by atomic mass is 10.0. The Labute approximate surface area is 98.1 Å². The van der Waals surface area contributed by atoms with Crippen LogP contribution in [0.3, 0.4) is 0 Å². The molecular formula is C14H21NO. The van der Waals surface area contributed by atoms with Crippen molar-refractivity contribution in [2.45, 2.75) is 38.8 Å². The van der Waals surface area contributed by atoms with Crippen LogP contribution in [0, 0.1) is 0 Å². The Bertz CT molecular complexity index is 316. The first-order valence-electron chi connectivity index (χ1n) is 5.76. The van der Waals surface area contributed by atoms with Gasteiger partial charge >= 0.3 is 0 Å². The molecule has 2 N–H and O–H groups in total. The molecule has 0 amide bonds. The minimum Gasteiger partial charge on any atom is -0.491 e. The highest BCUT2D eigenvalue weighted by Gasteiger charge is 2.05. The fourth-order valence-electron chi connectivity index (χ4n) is 1.53. The molecule has 0 saturated carbocycles. The molecule has 0 saturated heterocycles. The normalized spacial score (nSPS) is 12.5. The lowest BCUT2D eigenvalue weighted by molar-refractivity contribution is 0.242. The molecule has 0 radical (unpaired) electrons. The van der Waals surface area contributed by atoms with Crippen molar-refractivity contribution in [2.75, 3.05) is 0 Å². The van der Waals surface area contributed by atoms with Gasteiger partial charge in [0.1, 0.15) is 5.75 Å². The maximum absolute atomic E-state index is 6.04. The van der Waals surface area contributed by atoms with Gasteiger partial charge in [0.2, 0.25) is 0 Å². The van der Waals surface area contributed by atoms with E-state index in [1.54, 1.807) is 0 Å². The molecule has 0 aliphatic rings. The molecule has 16 heavy (non-hydrogen) atoms. The zero-order valence-corrected chi connectivity index (χ0v) is 10.1. The zero-order valence-electron chi connectivity index (χ0n) is 10.1. The molecular weight excluding hydrogens is 198 g/mol. The summed E-state index contributed by atoms with van der Waals surface area (Å²) in [7, 11) is 0. The lowest BCUT2D eigenvalue weighted by Gasteiger charge is -2.13. The van der Waals surface area contributed by atoms with Gasteiger partial charge in [0, 0.05) is 6.04 Å². The summed E-state index contributed by atoms with van der Waals surface area (Å²) in [6.45, 7) is 7.73. The largest absolute Gasteiger partial charge is 0.491 e. The molecule has 0 fully saturated rings. The Morgan fingerprint density at radius 1 is 1.31 bits per heavy atom. The topological polar surface area (TPSA) is 35.2 Å². The van der Waals surface area contributed by atoms with Crippen molar-refractivity contribution in [3.63, 3.8) is 0 Å². The van der Waals surface area contributed by atoms with Gasteiger partial charge in [0.15, 0.2) is 0 Å². The summed E-state index contributed by atoms with van der Waals surface area (Å²) in [6.07, 6.45) is 4.00. The van der Waals surface area contributed by atoms with Gasteiger partial charge in [-0.05, 0) is 44.4 Å². The summed E-state index contributed by atoms with van der Waals surface area (Å²) in [5.74, 6) is 0.898. The highest BCUT2D eigenvalue weighted by Crippen LogP contribution is 2.20. The maximum Gasteiger partial charge on any atom is 0.119 e. The number of ether oxygens (including phenoxy) is 1. The molecule has 0 bridgehead atoms. The summed E-state index contributed by atoms with van der Waals surface area (Å²) in [5, 5.41) is 0. The Morgan fingerprint density at radius 3 is 2.44 bits per heavy atom. The fraction of sp³-hybridized carbons (Fsp3) is 0.429. The molecule has 0 spiro atoms. The van der Waals surface area contributed by atoms with Crippen molar-refractivity contribution < 1.29 is 4.74 Å². The van der Waals surface area contributed by atoms with Crippen LogP contribution in [0.2, 0.25) is 0 Å². The van der Waals surface area contributed by atoms with E-state index < -0.39 is 0 Å². The Morgan fingerprint density at radius 2 is 1.94 bits per heavy atom. The van der Waals surface area contributed by atoms with E-state index in [1.807, 2.05) is 44.2 Å². The number of rotatable bonds is 6. The first-order chi connectivity index (χ1) is 7.63. The first kappa shape index (κ1) is 12.8. The number of benzene rings is 1. The molecule has 88 valence electrons. The monoisotopic (exact) mass is 219 g/mol. The second-order valence-corrected chi connectivity index (χ2v) is 4.21. The number of allylic oxidation sites excluding steroid dienone is 1. The van der Waals surface area contributed by atoms with E-state index in [0.717, 1.165) is 24.2 Å². The van der Waals surface area contributed by atoms with Crippen LogP contribution in [-0.2, 0) is 0 Å². The highest BCUT2D eigenvalue weighted by atomic mass is 16.5. The van der Waals surface area contributed by atoms with Gasteiger partial charge in [0.05, 0.1) is 6.10 Å². The van der Waals surface area contributed by atoms with Crippen molar-refractivity contribution >= 4 is 0 Å². The van der Waals surface area contributed by atoms with E-state index in [-0.39, 0.29) is 12.1 Å². The quantitative estimate of drug-likeness (QED) is 0.744. The van der Waals surface area contributed by atoms with Gasteiger partial charge in [-0.2, -0.15) is 0 Å². The minimum atomic E-state index is 0.0890. The van der Waals surface area contributed by atoms with Crippen LogP contribution in [0.5, 0.6) is 5.75 Å². The van der Waals surface area contributed by atoms with Crippen LogP contribution in [0.25, 0.3) is 0 Å². The van der Waals surface area contributed by atoms with Crippen molar-refractivity contribution in [1.29, 1.82) is 0 Å². The average molecular weight is 219 g/mol. The Balaban J connectivity index is 2.59. The maximum atomic E-state index is 6.04. The lowest BCUT2D eigenvalue weighted by Crippen LogP contribution is -2.10. The van der Waals surface area contributed by atoms with Crippen LogP contribution in [-0.4, -0.2) is 6.10 Å². The highest BCUT2D eigenvalue weighted by molar-refractivity contribution is 5.29. The molecule has 0 heterocycles. The van der Waals surface area contributed by atoms with Crippen LogP contribution >= 0.6 is 0 Å². The van der Waals surface area contributed by atoms with Gasteiger partial charge in [-0.25, -0.2) is 0 Å². The molecule has 2 heteroatoms. The van der Waals surface area contributed by atoms with Gasteiger partial charge in [-0.3, -0.25) is 0 Å². The van der Waals surface area contributed by atoms with Crippen molar-refractivity contribution in [3.8, 4) is 5.75 Å². The molecule has 1 aromatic carbocycles. The van der Waals surface area contributed by atoms with E-state index in [2.05, 4.69) is 6.58 Å². The first-order valence-corrected chi connectivity index (χ1v) is 5.76. The fourth-order valence-corrected chi connectivity index (χ4v) is 1.53. The van der Waals surface area contributed by atoms with Gasteiger partial charge < -0.3 is 10.5 Å². The molecule has 2 nitrogen and oxygen atoms in total. The van der Waals surface area contributed by atoms with Crippen LogP contribution in [0.4, 0.5) is 0 Å². The molecule has 1 rings (SSSR count). The summed E-state index contributed by atoms with van der Waals surface area (Å²) in [6, 6.07) is 8.11. The third-order valence-electron chi connectivity index (χ3n) is 2.36. The predicted octanol–water partition coefficient (Wildman–Crippen LogP) is 3.44. The summed E-state index contributed by atoms with van der Waals surface area (Å²) in [5.41, 5.74) is 7.19. The SMILES string of the molecule is C=CCC[C@H](N)c1ccc(OC(C)C)cc1. The van der Waals surface area contributed by atoms with E-state index in [1.165, 1.54) is 0 Å². The van der Waals surface area contributed by atoms with E-state index >= 15 is 0 Å². The smallest absolute Gasteiger partial charge is 0.119 e. The van der Waals surface area contributed by atoms with Crippen molar-refractivity contribution in [3.05, 3.63) is 42.5 Å². The number of hydrogen-bond donors (Lipinski definition) is 1. The van der Waals surface area contributed by atoms with Crippen LogP contribution < -0.4 is 10.5 Å². The standard InChI is InChI=1S/C14H21NO/c1-4-5-6-14(15)12-7-9-13(10-8-12)16-11(2)3/h4,7-11,14H,1,5-6,15H2,2-3H3/t14-/m0/s1. The molecule has 1 atom stereocenters. The summed E-state index contributed by atoms with van der Waals surface area (Å²) < 4.78 is 5.57. The van der Waals surface area contributed by atoms with Crippen LogP contribution in [0.1, 0.15) is 38.3 Å². The summed E-state index contributed by atoms with van der Waals surface area (Å²) >= 11 is 0. The van der Waals surface area contributed by atoms with Crippen molar-refractivity contribution in [1.82, 2.24) is 0 Å².